The largest absolute Gasteiger partial charge is 0.497 e. The molecule has 8 heteroatoms. The number of ether oxygens (including phenoxy) is 1. The Morgan fingerprint density at radius 1 is 1.06 bits per heavy atom. The highest BCUT2D eigenvalue weighted by Gasteiger charge is 2.37. The second kappa shape index (κ2) is 8.35. The van der Waals surface area contributed by atoms with Crippen molar-refractivity contribution in [2.24, 2.45) is 0 Å². The van der Waals surface area contributed by atoms with E-state index in [0.717, 1.165) is 10.5 Å². The van der Waals surface area contributed by atoms with Gasteiger partial charge in [0.2, 0.25) is 5.91 Å². The van der Waals surface area contributed by atoms with Crippen LogP contribution in [-0.4, -0.2) is 34.6 Å². The summed E-state index contributed by atoms with van der Waals surface area (Å²) < 4.78 is 6.79. The minimum atomic E-state index is -1.25. The number of carboxylic acids is 1. The number of carbonyl (C=O) groups is 3. The quantitative estimate of drug-likeness (QED) is 0.420. The van der Waals surface area contributed by atoms with Gasteiger partial charge < -0.3 is 14.4 Å². The van der Waals surface area contributed by atoms with E-state index in [0.29, 0.717) is 32.8 Å². The third-order valence-corrected chi connectivity index (χ3v) is 6.20. The molecule has 7 nitrogen and oxygen atoms in total. The number of nitrogens with zero attached hydrogens (tertiary/aromatic N) is 2. The highest BCUT2D eigenvalue weighted by molar-refractivity contribution is 6.33. The standard InChI is InChI=1S/C26H19ClN2O5/c1-34-18-9-6-15(7-10-18)14-28-21-11-8-17(27)13-20(21)23(24(28)26(32)33)29-22(30)12-16-4-2-3-5-19(16)25(29)31/h2-11,13H,12,14H2,1H3,(H,32,33). The lowest BCUT2D eigenvalue weighted by molar-refractivity contribution is -0.117. The van der Waals surface area contributed by atoms with Gasteiger partial charge in [0.05, 0.1) is 24.7 Å². The van der Waals surface area contributed by atoms with Crippen LogP contribution in [0.1, 0.15) is 32.0 Å². The summed E-state index contributed by atoms with van der Waals surface area (Å²) >= 11 is 6.26. The molecule has 4 aromatic rings. The van der Waals surface area contributed by atoms with Gasteiger partial charge in [0.15, 0.2) is 5.69 Å². The zero-order valence-corrected chi connectivity index (χ0v) is 18.9. The first-order chi connectivity index (χ1) is 16.4. The van der Waals surface area contributed by atoms with Crippen LogP contribution in [0, 0.1) is 0 Å². The maximum atomic E-state index is 13.4. The molecule has 2 heterocycles. The summed E-state index contributed by atoms with van der Waals surface area (Å²) in [6.07, 6.45) is -0.00725. The highest BCUT2D eigenvalue weighted by atomic mass is 35.5. The number of methoxy groups -OCH3 is 1. The van der Waals surface area contributed by atoms with E-state index in [4.69, 9.17) is 16.3 Å². The molecule has 34 heavy (non-hydrogen) atoms. The number of carbonyl (C=O) groups excluding carboxylic acids is 2. The molecule has 3 aromatic carbocycles. The molecule has 1 aliphatic heterocycles. The maximum absolute atomic E-state index is 13.4. The van der Waals surface area contributed by atoms with Crippen LogP contribution in [0.2, 0.25) is 5.02 Å². The lowest BCUT2D eigenvalue weighted by Gasteiger charge is -2.27. The average Bonchev–Trinajstić information content (AvgIpc) is 3.12. The Hall–Kier alpha value is -4.10. The normalized spacial score (nSPS) is 13.3. The Labute approximate surface area is 199 Å². The molecule has 0 saturated carbocycles. The first-order valence-corrected chi connectivity index (χ1v) is 10.9. The number of anilines is 1. The van der Waals surface area contributed by atoms with E-state index < -0.39 is 17.8 Å². The molecule has 0 fully saturated rings. The number of hydrogen-bond donors (Lipinski definition) is 1. The van der Waals surface area contributed by atoms with Crippen molar-refractivity contribution >= 4 is 46.0 Å². The van der Waals surface area contributed by atoms with E-state index in [-0.39, 0.29) is 24.3 Å². The lowest BCUT2D eigenvalue weighted by atomic mass is 9.97. The molecule has 0 unspecified atom stereocenters. The van der Waals surface area contributed by atoms with Gasteiger partial charge in [-0.3, -0.25) is 9.59 Å². The molecule has 0 radical (unpaired) electrons. The number of imide groups is 1. The average molecular weight is 475 g/mol. The van der Waals surface area contributed by atoms with Gasteiger partial charge in [-0.1, -0.05) is 41.9 Å². The van der Waals surface area contributed by atoms with Gasteiger partial charge in [-0.05, 0) is 47.5 Å². The van der Waals surface area contributed by atoms with Crippen LogP contribution in [0.4, 0.5) is 5.69 Å². The first kappa shape index (κ1) is 21.7. The number of fused-ring (bicyclic) bond motifs is 2. The highest BCUT2D eigenvalue weighted by Crippen LogP contribution is 2.39. The first-order valence-electron chi connectivity index (χ1n) is 10.5. The second-order valence-electron chi connectivity index (χ2n) is 7.97. The topological polar surface area (TPSA) is 88.8 Å². The molecule has 0 bridgehead atoms. The minimum Gasteiger partial charge on any atom is -0.497 e. The Morgan fingerprint density at radius 3 is 2.50 bits per heavy atom. The van der Waals surface area contributed by atoms with Gasteiger partial charge in [-0.2, -0.15) is 0 Å². The van der Waals surface area contributed by atoms with E-state index in [2.05, 4.69) is 0 Å². The van der Waals surface area contributed by atoms with E-state index in [9.17, 15) is 19.5 Å². The summed E-state index contributed by atoms with van der Waals surface area (Å²) in [6.45, 7) is 0.205. The number of carboxylic acid groups (broad SMARTS) is 1. The van der Waals surface area contributed by atoms with Crippen molar-refractivity contribution in [3.8, 4) is 5.75 Å². The van der Waals surface area contributed by atoms with Crippen LogP contribution in [-0.2, 0) is 17.8 Å². The second-order valence-corrected chi connectivity index (χ2v) is 8.40. The Balaban J connectivity index is 1.74. The monoisotopic (exact) mass is 474 g/mol. The van der Waals surface area contributed by atoms with Crippen LogP contribution >= 0.6 is 11.6 Å². The van der Waals surface area contributed by atoms with Crippen LogP contribution in [0.15, 0.2) is 66.7 Å². The number of benzene rings is 3. The lowest BCUT2D eigenvalue weighted by Crippen LogP contribution is -2.43. The fourth-order valence-corrected chi connectivity index (χ4v) is 4.59. The fraction of sp³-hybridized carbons (Fsp3) is 0.115. The summed E-state index contributed by atoms with van der Waals surface area (Å²) in [7, 11) is 1.57. The van der Waals surface area contributed by atoms with Crippen LogP contribution in [0.25, 0.3) is 10.9 Å². The van der Waals surface area contributed by atoms with Crippen molar-refractivity contribution in [2.75, 3.05) is 12.0 Å². The Morgan fingerprint density at radius 2 is 1.79 bits per heavy atom. The zero-order valence-electron chi connectivity index (χ0n) is 18.1. The Kier molecular flexibility index (Phi) is 5.34. The summed E-state index contributed by atoms with van der Waals surface area (Å²) in [5.41, 5.74) is 2.23. The van der Waals surface area contributed by atoms with Crippen molar-refractivity contribution in [3.05, 3.63) is 94.1 Å². The summed E-state index contributed by atoms with van der Waals surface area (Å²) in [5, 5.41) is 11.0. The van der Waals surface area contributed by atoms with E-state index >= 15 is 0 Å². The smallest absolute Gasteiger partial charge is 0.354 e. The summed E-state index contributed by atoms with van der Waals surface area (Å²) in [6, 6.07) is 19.0. The molecule has 0 atom stereocenters. The molecule has 170 valence electrons. The summed E-state index contributed by atoms with van der Waals surface area (Å²) in [4.78, 5) is 40.1. The van der Waals surface area contributed by atoms with Crippen molar-refractivity contribution < 1.29 is 24.2 Å². The molecule has 2 amide bonds. The predicted molar refractivity (Wildman–Crippen MR) is 128 cm³/mol. The minimum absolute atomic E-state index is 0.00725. The van der Waals surface area contributed by atoms with Crippen molar-refractivity contribution in [3.63, 3.8) is 0 Å². The number of halogens is 1. The number of aromatic carboxylic acids is 1. The molecular formula is C26H19ClN2O5. The van der Waals surface area contributed by atoms with Gasteiger partial charge in [-0.15, -0.1) is 0 Å². The van der Waals surface area contributed by atoms with Crippen LogP contribution in [0.3, 0.4) is 0 Å². The van der Waals surface area contributed by atoms with Crippen molar-refractivity contribution in [1.82, 2.24) is 4.57 Å². The summed E-state index contributed by atoms with van der Waals surface area (Å²) in [5.74, 6) is -1.63. The van der Waals surface area contributed by atoms with E-state index in [1.807, 2.05) is 12.1 Å². The zero-order chi connectivity index (χ0) is 24.0. The third kappa shape index (κ3) is 3.50. The van der Waals surface area contributed by atoms with Gasteiger partial charge in [0.1, 0.15) is 5.75 Å². The van der Waals surface area contributed by atoms with Crippen LogP contribution in [0.5, 0.6) is 5.75 Å². The maximum Gasteiger partial charge on any atom is 0.354 e. The van der Waals surface area contributed by atoms with Gasteiger partial charge >= 0.3 is 5.97 Å². The number of rotatable bonds is 5. The third-order valence-electron chi connectivity index (χ3n) is 5.97. The number of hydrogen-bond acceptors (Lipinski definition) is 4. The molecule has 0 spiro atoms. The number of aromatic nitrogens is 1. The molecule has 1 aromatic heterocycles. The molecule has 5 rings (SSSR count). The van der Waals surface area contributed by atoms with Crippen LogP contribution < -0.4 is 9.64 Å². The van der Waals surface area contributed by atoms with Gasteiger partial charge in [0.25, 0.3) is 5.91 Å². The van der Waals surface area contributed by atoms with E-state index in [1.165, 1.54) is 0 Å². The van der Waals surface area contributed by atoms with E-state index in [1.54, 1.807) is 66.3 Å². The molecule has 0 aliphatic carbocycles. The van der Waals surface area contributed by atoms with Gasteiger partial charge in [0, 0.05) is 22.5 Å². The van der Waals surface area contributed by atoms with Gasteiger partial charge in [-0.25, -0.2) is 9.69 Å². The molecule has 1 aliphatic rings. The van der Waals surface area contributed by atoms with Crippen molar-refractivity contribution in [1.29, 1.82) is 0 Å². The number of amides is 2. The predicted octanol–water partition coefficient (Wildman–Crippen LogP) is 4.78. The Bertz CT molecular complexity index is 1470. The molecular weight excluding hydrogens is 456 g/mol. The fourth-order valence-electron chi connectivity index (χ4n) is 4.42. The SMILES string of the molecule is COc1ccc(Cn2c(C(=O)O)c(N3C(=O)Cc4ccccc4C3=O)c3cc(Cl)ccc32)cc1. The molecule has 1 N–H and O–H groups in total. The van der Waals surface area contributed by atoms with Crippen molar-refractivity contribution in [2.45, 2.75) is 13.0 Å². The molecule has 0 saturated heterocycles.